The Kier molecular flexibility index (Phi) is 2.94. The van der Waals surface area contributed by atoms with Crippen molar-refractivity contribution in [3.8, 4) is 0 Å². The van der Waals surface area contributed by atoms with Gasteiger partial charge in [0, 0.05) is 22.4 Å². The van der Waals surface area contributed by atoms with E-state index >= 15 is 0 Å². The zero-order chi connectivity index (χ0) is 9.14. The molecule has 12 heavy (non-hydrogen) atoms. The van der Waals surface area contributed by atoms with Crippen LogP contribution in [0.2, 0.25) is 5.02 Å². The van der Waals surface area contributed by atoms with Crippen LogP contribution in [-0.4, -0.2) is 4.92 Å². The minimum atomic E-state index is -0.443. The number of nitrogens with zero attached hydrogens (tertiary/aromatic N) is 1. The molecule has 0 saturated carbocycles. The maximum Gasteiger partial charge on any atom is 0.273 e. The molecule has 0 atom stereocenters. The fourth-order valence-corrected chi connectivity index (χ4v) is 1.31. The van der Waals surface area contributed by atoms with Crippen LogP contribution in [0.15, 0.2) is 18.2 Å². The van der Waals surface area contributed by atoms with Crippen LogP contribution in [0.4, 0.5) is 5.69 Å². The molecule has 1 aromatic rings. The summed E-state index contributed by atoms with van der Waals surface area (Å²) >= 11 is 9.60. The summed E-state index contributed by atoms with van der Waals surface area (Å²) in [6.07, 6.45) is 0. The Morgan fingerprint density at radius 2 is 2.25 bits per heavy atom. The lowest BCUT2D eigenvalue weighted by molar-refractivity contribution is -0.385. The van der Waals surface area contributed by atoms with E-state index in [0.29, 0.717) is 16.3 Å². The molecule has 0 spiro atoms. The first kappa shape index (κ1) is 9.35. The predicted octanol–water partition coefficient (Wildman–Crippen LogP) is 2.68. The summed E-state index contributed by atoms with van der Waals surface area (Å²) < 4.78 is 0. The zero-order valence-electron chi connectivity index (χ0n) is 6.03. The summed E-state index contributed by atoms with van der Waals surface area (Å²) in [6, 6.07) is 4.42. The van der Waals surface area contributed by atoms with Gasteiger partial charge in [0.2, 0.25) is 0 Å². The van der Waals surface area contributed by atoms with Crippen LogP contribution in [0.25, 0.3) is 0 Å². The van der Waals surface area contributed by atoms with Crippen LogP contribution < -0.4 is 0 Å². The Morgan fingerprint density at radius 1 is 1.58 bits per heavy atom. The second kappa shape index (κ2) is 3.78. The molecular weight excluding hydrogens is 198 g/mol. The molecule has 3 nitrogen and oxygen atoms in total. The van der Waals surface area contributed by atoms with Crippen molar-refractivity contribution in [2.45, 2.75) is 5.75 Å². The minimum absolute atomic E-state index is 0.0643. The lowest BCUT2D eigenvalue weighted by atomic mass is 10.2. The fraction of sp³-hybridized carbons (Fsp3) is 0.143. The molecule has 5 heteroatoms. The van der Waals surface area contributed by atoms with E-state index in [4.69, 9.17) is 11.6 Å². The zero-order valence-corrected chi connectivity index (χ0v) is 7.68. The van der Waals surface area contributed by atoms with Gasteiger partial charge in [-0.3, -0.25) is 10.1 Å². The molecule has 64 valence electrons. The number of halogens is 1. The summed E-state index contributed by atoms with van der Waals surface area (Å²) in [5.41, 5.74) is 0.602. The molecule has 0 amide bonds. The average molecular weight is 204 g/mol. The maximum atomic E-state index is 10.4. The highest BCUT2D eigenvalue weighted by molar-refractivity contribution is 7.79. The molecule has 0 aliphatic heterocycles. The molecule has 1 rings (SSSR count). The second-order valence-corrected chi connectivity index (χ2v) is 2.94. The monoisotopic (exact) mass is 203 g/mol. The second-order valence-electron chi connectivity index (χ2n) is 2.19. The molecule has 0 N–H and O–H groups in total. The van der Waals surface area contributed by atoms with Crippen LogP contribution in [-0.2, 0) is 5.75 Å². The SMILES string of the molecule is O=[N+]([O-])c1ccc(Cl)cc1CS. The van der Waals surface area contributed by atoms with Gasteiger partial charge >= 0.3 is 0 Å². The van der Waals surface area contributed by atoms with Crippen molar-refractivity contribution in [2.75, 3.05) is 0 Å². The van der Waals surface area contributed by atoms with E-state index in [9.17, 15) is 10.1 Å². The number of thiol groups is 1. The van der Waals surface area contributed by atoms with Gasteiger partial charge in [-0.05, 0) is 12.1 Å². The number of nitro groups is 1. The maximum absolute atomic E-state index is 10.4. The quantitative estimate of drug-likeness (QED) is 0.456. The molecule has 0 saturated heterocycles. The molecule has 0 aliphatic rings. The van der Waals surface area contributed by atoms with Gasteiger partial charge in [-0.2, -0.15) is 12.6 Å². The highest BCUT2D eigenvalue weighted by Crippen LogP contribution is 2.23. The van der Waals surface area contributed by atoms with Crippen molar-refractivity contribution in [1.29, 1.82) is 0 Å². The van der Waals surface area contributed by atoms with E-state index in [-0.39, 0.29) is 5.69 Å². The van der Waals surface area contributed by atoms with E-state index in [1.54, 1.807) is 6.07 Å². The Labute approximate surface area is 79.9 Å². The largest absolute Gasteiger partial charge is 0.273 e. The van der Waals surface area contributed by atoms with Crippen LogP contribution in [0.5, 0.6) is 0 Å². The first-order valence-corrected chi connectivity index (χ1v) is 4.20. The van der Waals surface area contributed by atoms with Crippen molar-refractivity contribution < 1.29 is 4.92 Å². The van der Waals surface area contributed by atoms with E-state index < -0.39 is 4.92 Å². The van der Waals surface area contributed by atoms with Gasteiger partial charge < -0.3 is 0 Å². The fourth-order valence-electron chi connectivity index (χ4n) is 0.859. The van der Waals surface area contributed by atoms with Crippen molar-refractivity contribution in [2.24, 2.45) is 0 Å². The number of hydrogen-bond acceptors (Lipinski definition) is 3. The Morgan fingerprint density at radius 3 is 2.75 bits per heavy atom. The van der Waals surface area contributed by atoms with E-state index in [0.717, 1.165) is 0 Å². The van der Waals surface area contributed by atoms with Crippen molar-refractivity contribution in [1.82, 2.24) is 0 Å². The molecule has 0 heterocycles. The van der Waals surface area contributed by atoms with Crippen LogP contribution in [0.3, 0.4) is 0 Å². The van der Waals surface area contributed by atoms with Gasteiger partial charge in [0.15, 0.2) is 0 Å². The predicted molar refractivity (Wildman–Crippen MR) is 50.8 cm³/mol. The Balaban J connectivity index is 3.20. The summed E-state index contributed by atoms with van der Waals surface area (Å²) in [5, 5.41) is 10.9. The average Bonchev–Trinajstić information content (AvgIpc) is 2.03. The molecule has 0 fully saturated rings. The number of rotatable bonds is 2. The molecule has 0 radical (unpaired) electrons. The summed E-state index contributed by atoms with van der Waals surface area (Å²) in [4.78, 5) is 9.98. The lowest BCUT2D eigenvalue weighted by Gasteiger charge is -1.98. The third-order valence-corrected chi connectivity index (χ3v) is 1.98. The van der Waals surface area contributed by atoms with Gasteiger partial charge in [0.05, 0.1) is 4.92 Å². The van der Waals surface area contributed by atoms with Gasteiger partial charge in [-0.25, -0.2) is 0 Å². The van der Waals surface area contributed by atoms with E-state index in [1.165, 1.54) is 12.1 Å². The van der Waals surface area contributed by atoms with Crippen LogP contribution >= 0.6 is 24.2 Å². The summed E-state index contributed by atoms with van der Waals surface area (Å²) in [7, 11) is 0. The van der Waals surface area contributed by atoms with Crippen molar-refractivity contribution in [3.63, 3.8) is 0 Å². The molecular formula is C7H6ClNO2S. The Hall–Kier alpha value is -0.740. The molecule has 0 aromatic heterocycles. The Bertz CT molecular complexity index is 316. The molecule has 0 aliphatic carbocycles. The van der Waals surface area contributed by atoms with E-state index in [1.807, 2.05) is 0 Å². The van der Waals surface area contributed by atoms with Crippen LogP contribution in [0, 0.1) is 10.1 Å². The topological polar surface area (TPSA) is 43.1 Å². The normalized spacial score (nSPS) is 9.83. The van der Waals surface area contributed by atoms with Crippen molar-refractivity contribution >= 4 is 29.9 Å². The van der Waals surface area contributed by atoms with Gasteiger partial charge in [0.1, 0.15) is 0 Å². The summed E-state index contributed by atoms with van der Waals surface area (Å²) in [5.74, 6) is 0.316. The smallest absolute Gasteiger partial charge is 0.258 e. The highest BCUT2D eigenvalue weighted by atomic mass is 35.5. The van der Waals surface area contributed by atoms with Gasteiger partial charge in [-0.15, -0.1) is 0 Å². The molecule has 0 unspecified atom stereocenters. The lowest BCUT2D eigenvalue weighted by Crippen LogP contribution is -1.92. The van der Waals surface area contributed by atoms with E-state index in [2.05, 4.69) is 12.6 Å². The van der Waals surface area contributed by atoms with Crippen LogP contribution in [0.1, 0.15) is 5.56 Å². The molecule has 1 aromatic carbocycles. The first-order valence-electron chi connectivity index (χ1n) is 3.19. The van der Waals surface area contributed by atoms with Gasteiger partial charge in [0.25, 0.3) is 5.69 Å². The third-order valence-electron chi connectivity index (χ3n) is 1.41. The number of benzene rings is 1. The number of hydrogen-bond donors (Lipinski definition) is 1. The van der Waals surface area contributed by atoms with Crippen molar-refractivity contribution in [3.05, 3.63) is 38.9 Å². The first-order chi connectivity index (χ1) is 5.65. The summed E-state index contributed by atoms with van der Waals surface area (Å²) in [6.45, 7) is 0. The highest BCUT2D eigenvalue weighted by Gasteiger charge is 2.11. The third kappa shape index (κ3) is 1.89. The van der Waals surface area contributed by atoms with Gasteiger partial charge in [-0.1, -0.05) is 11.6 Å². The minimum Gasteiger partial charge on any atom is -0.258 e. The molecule has 0 bridgehead atoms. The number of nitro benzene ring substituents is 1. The standard InChI is InChI=1S/C7H6ClNO2S/c8-6-1-2-7(9(10)11)5(3-6)4-12/h1-3,12H,4H2.